The molecule has 0 aliphatic rings. The van der Waals surface area contributed by atoms with Gasteiger partial charge in [0.05, 0.1) is 15.7 Å². The Hall–Kier alpha value is -1.13. The zero-order valence-electron chi connectivity index (χ0n) is 6.46. The summed E-state index contributed by atoms with van der Waals surface area (Å²) in [5, 5.41) is 11.7. The number of halogens is 2. The minimum absolute atomic E-state index is 0.0659. The molecule has 70 valence electrons. The van der Waals surface area contributed by atoms with Gasteiger partial charge in [-0.3, -0.25) is 0 Å². The summed E-state index contributed by atoms with van der Waals surface area (Å²) in [6.45, 7) is 0. The summed E-state index contributed by atoms with van der Waals surface area (Å²) >= 11 is 11.4. The van der Waals surface area contributed by atoms with Crippen molar-refractivity contribution in [3.63, 3.8) is 0 Å². The zero-order valence-corrected chi connectivity index (χ0v) is 7.97. The average Bonchev–Trinajstić information content (AvgIpc) is 2.12. The molecule has 0 unspecified atom stereocenters. The van der Waals surface area contributed by atoms with E-state index in [-0.39, 0.29) is 21.6 Å². The first-order chi connectivity index (χ1) is 6.06. The monoisotopic (exact) mass is 219 g/mol. The van der Waals surface area contributed by atoms with Crippen LogP contribution in [-0.2, 0) is 0 Å². The van der Waals surface area contributed by atoms with Crippen LogP contribution < -0.4 is 11.5 Å². The summed E-state index contributed by atoms with van der Waals surface area (Å²) in [5.74, 6) is -0.0659. The van der Waals surface area contributed by atoms with Crippen molar-refractivity contribution in [3.8, 4) is 0 Å². The van der Waals surface area contributed by atoms with E-state index in [2.05, 4.69) is 5.16 Å². The second-order valence-electron chi connectivity index (χ2n) is 2.34. The Bertz CT molecular complexity index is 342. The van der Waals surface area contributed by atoms with E-state index in [1.54, 1.807) is 0 Å². The lowest BCUT2D eigenvalue weighted by molar-refractivity contribution is 0.318. The van der Waals surface area contributed by atoms with Crippen LogP contribution in [0.2, 0.25) is 10.0 Å². The fraction of sp³-hybridized carbons (Fsp3) is 0. The number of nitrogens with zero attached hydrogens (tertiary/aromatic N) is 1. The molecule has 0 saturated carbocycles. The lowest BCUT2D eigenvalue weighted by Gasteiger charge is -2.04. The number of hydrogen-bond acceptors (Lipinski definition) is 3. The second kappa shape index (κ2) is 3.72. The summed E-state index contributed by atoms with van der Waals surface area (Å²) in [6, 6.07) is 2.94. The Kier molecular flexibility index (Phi) is 2.85. The first kappa shape index (κ1) is 9.95. The van der Waals surface area contributed by atoms with Gasteiger partial charge in [-0.2, -0.15) is 0 Å². The number of rotatable bonds is 1. The molecule has 0 bridgehead atoms. The molecule has 1 rings (SSSR count). The molecular formula is C7H7Cl2N3O. The van der Waals surface area contributed by atoms with Crippen LogP contribution in [0.4, 0.5) is 5.69 Å². The predicted octanol–water partition coefficient (Wildman–Crippen LogP) is 1.67. The first-order valence-corrected chi connectivity index (χ1v) is 4.04. The number of nitrogens with two attached hydrogens (primary N) is 2. The van der Waals surface area contributed by atoms with Crippen LogP contribution in [0.5, 0.6) is 0 Å². The maximum Gasteiger partial charge on any atom is 0.170 e. The molecule has 0 aliphatic carbocycles. The van der Waals surface area contributed by atoms with Crippen molar-refractivity contribution in [2.45, 2.75) is 0 Å². The largest absolute Gasteiger partial charge is 0.409 e. The number of hydrogen-bond donors (Lipinski definition) is 3. The molecule has 0 saturated heterocycles. The van der Waals surface area contributed by atoms with Gasteiger partial charge in [-0.15, -0.1) is 0 Å². The highest BCUT2D eigenvalue weighted by Gasteiger charge is 2.07. The topological polar surface area (TPSA) is 84.6 Å². The van der Waals surface area contributed by atoms with Crippen molar-refractivity contribution in [2.24, 2.45) is 10.9 Å². The number of benzene rings is 1. The van der Waals surface area contributed by atoms with Crippen LogP contribution in [-0.4, -0.2) is 11.0 Å². The van der Waals surface area contributed by atoms with Crippen LogP contribution in [0.3, 0.4) is 0 Å². The lowest BCUT2D eigenvalue weighted by atomic mass is 10.2. The third-order valence-corrected chi connectivity index (χ3v) is 2.11. The smallest absolute Gasteiger partial charge is 0.170 e. The van der Waals surface area contributed by atoms with Crippen molar-refractivity contribution >= 4 is 34.7 Å². The molecule has 0 spiro atoms. The van der Waals surface area contributed by atoms with Gasteiger partial charge in [0.2, 0.25) is 0 Å². The molecule has 6 heteroatoms. The van der Waals surface area contributed by atoms with Crippen molar-refractivity contribution in [3.05, 3.63) is 27.7 Å². The van der Waals surface area contributed by atoms with E-state index in [0.29, 0.717) is 5.56 Å². The molecule has 5 N–H and O–H groups in total. The fourth-order valence-corrected chi connectivity index (χ4v) is 1.28. The van der Waals surface area contributed by atoms with Gasteiger partial charge in [0, 0.05) is 5.56 Å². The van der Waals surface area contributed by atoms with Crippen molar-refractivity contribution < 1.29 is 5.21 Å². The number of oxime groups is 1. The van der Waals surface area contributed by atoms with E-state index in [4.69, 9.17) is 39.9 Å². The Morgan fingerprint density at radius 1 is 1.31 bits per heavy atom. The maximum absolute atomic E-state index is 8.38. The standard InChI is InChI=1S/C7H7Cl2N3O/c8-4-1-3(7(11)12-13)2-5(9)6(4)10/h1-2,13H,10H2,(H2,11,12). The molecular weight excluding hydrogens is 213 g/mol. The number of anilines is 1. The lowest BCUT2D eigenvalue weighted by Crippen LogP contribution is -2.13. The minimum atomic E-state index is -0.0659. The number of nitrogen functional groups attached to an aromatic ring is 1. The Morgan fingerprint density at radius 3 is 2.15 bits per heavy atom. The van der Waals surface area contributed by atoms with E-state index in [1.165, 1.54) is 12.1 Å². The summed E-state index contributed by atoms with van der Waals surface area (Å²) in [7, 11) is 0. The van der Waals surface area contributed by atoms with E-state index >= 15 is 0 Å². The highest BCUT2D eigenvalue weighted by atomic mass is 35.5. The van der Waals surface area contributed by atoms with Crippen molar-refractivity contribution in [1.82, 2.24) is 0 Å². The Balaban J connectivity index is 3.29. The van der Waals surface area contributed by atoms with Gasteiger partial charge in [0.15, 0.2) is 5.84 Å². The van der Waals surface area contributed by atoms with Gasteiger partial charge in [0.25, 0.3) is 0 Å². The summed E-state index contributed by atoms with van der Waals surface area (Å²) in [4.78, 5) is 0. The molecule has 0 radical (unpaired) electrons. The third kappa shape index (κ3) is 1.96. The average molecular weight is 220 g/mol. The fourth-order valence-electron chi connectivity index (χ4n) is 0.790. The van der Waals surface area contributed by atoms with Crippen LogP contribution in [0.25, 0.3) is 0 Å². The summed E-state index contributed by atoms with van der Waals surface area (Å²) < 4.78 is 0. The molecule has 0 amide bonds. The summed E-state index contributed by atoms with van der Waals surface area (Å²) in [6.07, 6.45) is 0. The van der Waals surface area contributed by atoms with Gasteiger partial charge in [-0.1, -0.05) is 28.4 Å². The summed E-state index contributed by atoms with van der Waals surface area (Å²) in [5.41, 5.74) is 11.5. The molecule has 0 aliphatic heterocycles. The van der Waals surface area contributed by atoms with E-state index in [0.717, 1.165) is 0 Å². The van der Waals surface area contributed by atoms with Crippen LogP contribution in [0.1, 0.15) is 5.56 Å². The maximum atomic E-state index is 8.38. The van der Waals surface area contributed by atoms with E-state index < -0.39 is 0 Å². The number of amidine groups is 1. The first-order valence-electron chi connectivity index (χ1n) is 3.28. The molecule has 1 aromatic rings. The highest BCUT2D eigenvalue weighted by Crippen LogP contribution is 2.28. The van der Waals surface area contributed by atoms with Gasteiger partial charge < -0.3 is 16.7 Å². The van der Waals surface area contributed by atoms with Crippen LogP contribution in [0.15, 0.2) is 17.3 Å². The van der Waals surface area contributed by atoms with Gasteiger partial charge >= 0.3 is 0 Å². The molecule has 4 nitrogen and oxygen atoms in total. The van der Waals surface area contributed by atoms with E-state index in [9.17, 15) is 0 Å². The normalized spacial score (nSPS) is 11.7. The van der Waals surface area contributed by atoms with Gasteiger partial charge in [-0.25, -0.2) is 0 Å². The quantitative estimate of drug-likeness (QED) is 0.221. The second-order valence-corrected chi connectivity index (χ2v) is 3.15. The molecule has 0 aromatic heterocycles. The van der Waals surface area contributed by atoms with Crippen LogP contribution >= 0.6 is 23.2 Å². The van der Waals surface area contributed by atoms with Gasteiger partial charge in [-0.05, 0) is 12.1 Å². The van der Waals surface area contributed by atoms with Crippen molar-refractivity contribution in [2.75, 3.05) is 5.73 Å². The molecule has 0 heterocycles. The molecule has 0 atom stereocenters. The van der Waals surface area contributed by atoms with Crippen molar-refractivity contribution in [1.29, 1.82) is 0 Å². The third-order valence-electron chi connectivity index (χ3n) is 1.48. The molecule has 0 fully saturated rings. The van der Waals surface area contributed by atoms with E-state index in [1.807, 2.05) is 0 Å². The molecule has 1 aromatic carbocycles. The minimum Gasteiger partial charge on any atom is -0.409 e. The Labute approximate surface area is 84.7 Å². The van der Waals surface area contributed by atoms with Crippen LogP contribution in [0, 0.1) is 0 Å². The van der Waals surface area contributed by atoms with Gasteiger partial charge in [0.1, 0.15) is 0 Å². The Morgan fingerprint density at radius 2 is 1.77 bits per heavy atom. The zero-order chi connectivity index (χ0) is 10.0. The molecule has 13 heavy (non-hydrogen) atoms. The SMILES string of the molecule is NC(=NO)c1cc(Cl)c(N)c(Cl)c1. The predicted molar refractivity (Wildman–Crippen MR) is 53.4 cm³/mol. The highest BCUT2D eigenvalue weighted by molar-refractivity contribution is 6.39.